The van der Waals surface area contributed by atoms with Crippen LogP contribution in [0.4, 0.5) is 11.4 Å². The summed E-state index contributed by atoms with van der Waals surface area (Å²) in [6.07, 6.45) is 4.91. The van der Waals surface area contributed by atoms with Crippen LogP contribution >= 0.6 is 0 Å². The fraction of sp³-hybridized carbons (Fsp3) is 0.588. The number of anilines is 2. The van der Waals surface area contributed by atoms with Gasteiger partial charge in [-0.05, 0) is 63.3 Å². The number of rotatable bonds is 4. The van der Waals surface area contributed by atoms with E-state index in [0.717, 1.165) is 11.5 Å². The third-order valence-electron chi connectivity index (χ3n) is 4.48. The van der Waals surface area contributed by atoms with Crippen LogP contribution in [0.5, 0.6) is 0 Å². The highest BCUT2D eigenvalue weighted by Crippen LogP contribution is 2.26. The molecule has 4 nitrogen and oxygen atoms in total. The number of aryl methyl sites for hydroxylation is 1. The Kier molecular flexibility index (Phi) is 5.23. The molecule has 1 aromatic carbocycles. The summed E-state index contributed by atoms with van der Waals surface area (Å²) in [5.74, 6) is 0.836. The Balaban J connectivity index is 1.86. The average Bonchev–Trinajstić information content (AvgIpc) is 2.42. The van der Waals surface area contributed by atoms with E-state index in [9.17, 15) is 4.79 Å². The monoisotopic (exact) mass is 289 g/mol. The number of benzene rings is 1. The third kappa shape index (κ3) is 4.46. The molecule has 0 heterocycles. The second kappa shape index (κ2) is 6.94. The highest BCUT2D eigenvalue weighted by Gasteiger charge is 2.23. The lowest BCUT2D eigenvalue weighted by atomic mass is 9.87. The Morgan fingerprint density at radius 2 is 2.00 bits per heavy atom. The van der Waals surface area contributed by atoms with E-state index in [2.05, 4.69) is 17.1 Å². The Labute approximate surface area is 127 Å². The molecule has 0 spiro atoms. The first-order valence-corrected chi connectivity index (χ1v) is 7.82. The second-order valence-corrected chi connectivity index (χ2v) is 6.47. The second-order valence-electron chi connectivity index (χ2n) is 6.47. The number of carbonyl (C=O) groups is 1. The standard InChI is InChI=1S/C17H27N3O/c1-12-4-7-14(8-5-12)20(3)11-17(21)19-16-9-6-13(2)10-15(16)18/h6,9-10,12,14H,4-5,7-8,11,18H2,1-3H3,(H,19,21). The minimum Gasteiger partial charge on any atom is -0.397 e. The van der Waals surface area contributed by atoms with Crippen molar-refractivity contribution in [3.63, 3.8) is 0 Å². The van der Waals surface area contributed by atoms with Gasteiger partial charge in [-0.2, -0.15) is 0 Å². The number of nitrogen functional groups attached to an aromatic ring is 1. The molecule has 0 aliphatic heterocycles. The molecule has 0 atom stereocenters. The van der Waals surface area contributed by atoms with E-state index < -0.39 is 0 Å². The van der Waals surface area contributed by atoms with Gasteiger partial charge in [-0.15, -0.1) is 0 Å². The fourth-order valence-electron chi connectivity index (χ4n) is 3.02. The smallest absolute Gasteiger partial charge is 0.238 e. The lowest BCUT2D eigenvalue weighted by molar-refractivity contribution is -0.117. The Hall–Kier alpha value is -1.55. The summed E-state index contributed by atoms with van der Waals surface area (Å²) < 4.78 is 0. The minimum absolute atomic E-state index is 0.00618. The normalized spacial score (nSPS) is 22.3. The lowest BCUT2D eigenvalue weighted by Gasteiger charge is -2.33. The maximum atomic E-state index is 12.2. The van der Waals surface area contributed by atoms with Crippen molar-refractivity contribution in [1.82, 2.24) is 4.90 Å². The number of nitrogens with zero attached hydrogens (tertiary/aromatic N) is 1. The van der Waals surface area contributed by atoms with E-state index in [0.29, 0.717) is 24.0 Å². The summed E-state index contributed by atoms with van der Waals surface area (Å²) in [6.45, 7) is 4.72. The first-order chi connectivity index (χ1) is 9.95. The van der Waals surface area contributed by atoms with Gasteiger partial charge in [0, 0.05) is 6.04 Å². The van der Waals surface area contributed by atoms with Crippen molar-refractivity contribution in [1.29, 1.82) is 0 Å². The molecular weight excluding hydrogens is 262 g/mol. The van der Waals surface area contributed by atoms with Gasteiger partial charge in [0.2, 0.25) is 5.91 Å². The summed E-state index contributed by atoms with van der Waals surface area (Å²) in [7, 11) is 2.04. The van der Waals surface area contributed by atoms with Crippen LogP contribution in [0.3, 0.4) is 0 Å². The fourth-order valence-corrected chi connectivity index (χ4v) is 3.02. The molecule has 4 heteroatoms. The number of hydrogen-bond acceptors (Lipinski definition) is 3. The summed E-state index contributed by atoms with van der Waals surface area (Å²) in [6, 6.07) is 6.23. The van der Waals surface area contributed by atoms with E-state index in [1.54, 1.807) is 0 Å². The molecule has 1 saturated carbocycles. The Bertz CT molecular complexity index is 493. The van der Waals surface area contributed by atoms with Gasteiger partial charge in [-0.25, -0.2) is 0 Å². The van der Waals surface area contributed by atoms with E-state index in [4.69, 9.17) is 5.73 Å². The van der Waals surface area contributed by atoms with Gasteiger partial charge in [-0.3, -0.25) is 9.69 Å². The predicted molar refractivity (Wildman–Crippen MR) is 88.3 cm³/mol. The SMILES string of the molecule is Cc1ccc(NC(=O)CN(C)C2CCC(C)CC2)c(N)c1. The maximum absolute atomic E-state index is 12.2. The summed E-state index contributed by atoms with van der Waals surface area (Å²) in [5.41, 5.74) is 8.35. The lowest BCUT2D eigenvalue weighted by Crippen LogP contribution is -2.39. The van der Waals surface area contributed by atoms with Crippen LogP contribution < -0.4 is 11.1 Å². The Morgan fingerprint density at radius 3 is 2.62 bits per heavy atom. The van der Waals surface area contributed by atoms with Gasteiger partial charge < -0.3 is 11.1 Å². The molecule has 2 rings (SSSR count). The van der Waals surface area contributed by atoms with E-state index in [1.807, 2.05) is 32.2 Å². The van der Waals surface area contributed by atoms with Crippen molar-refractivity contribution in [2.75, 3.05) is 24.6 Å². The molecule has 1 fully saturated rings. The molecule has 0 unspecified atom stereocenters. The highest BCUT2D eigenvalue weighted by molar-refractivity contribution is 5.95. The van der Waals surface area contributed by atoms with E-state index in [-0.39, 0.29) is 5.91 Å². The van der Waals surface area contributed by atoms with Gasteiger partial charge in [-0.1, -0.05) is 13.0 Å². The predicted octanol–water partition coefficient (Wildman–Crippen LogP) is 3.03. The van der Waals surface area contributed by atoms with E-state index in [1.165, 1.54) is 25.7 Å². The van der Waals surface area contributed by atoms with Crippen molar-refractivity contribution in [2.45, 2.75) is 45.6 Å². The van der Waals surface area contributed by atoms with Gasteiger partial charge >= 0.3 is 0 Å². The maximum Gasteiger partial charge on any atom is 0.238 e. The number of amides is 1. The first-order valence-electron chi connectivity index (χ1n) is 7.82. The number of nitrogens with two attached hydrogens (primary N) is 1. The zero-order valence-electron chi connectivity index (χ0n) is 13.4. The minimum atomic E-state index is 0.00618. The molecule has 3 N–H and O–H groups in total. The zero-order valence-corrected chi connectivity index (χ0v) is 13.4. The molecule has 0 bridgehead atoms. The molecule has 0 radical (unpaired) electrons. The van der Waals surface area contributed by atoms with Crippen LogP contribution in [0.25, 0.3) is 0 Å². The van der Waals surface area contributed by atoms with Crippen molar-refractivity contribution >= 4 is 17.3 Å². The molecule has 21 heavy (non-hydrogen) atoms. The van der Waals surface area contributed by atoms with Crippen molar-refractivity contribution in [3.8, 4) is 0 Å². The molecule has 1 aromatic rings. The van der Waals surface area contributed by atoms with E-state index >= 15 is 0 Å². The van der Waals surface area contributed by atoms with Crippen LogP contribution in [-0.2, 0) is 4.79 Å². The van der Waals surface area contributed by atoms with Gasteiger partial charge in [0.05, 0.1) is 17.9 Å². The molecular formula is C17H27N3O. The third-order valence-corrected chi connectivity index (χ3v) is 4.48. The Morgan fingerprint density at radius 1 is 1.33 bits per heavy atom. The highest BCUT2D eigenvalue weighted by atomic mass is 16.2. The molecule has 0 aromatic heterocycles. The molecule has 1 aliphatic rings. The van der Waals surface area contributed by atoms with Crippen LogP contribution in [0.15, 0.2) is 18.2 Å². The van der Waals surface area contributed by atoms with Crippen molar-refractivity contribution < 1.29 is 4.79 Å². The summed E-state index contributed by atoms with van der Waals surface area (Å²) in [4.78, 5) is 14.3. The first kappa shape index (κ1) is 15.8. The quantitative estimate of drug-likeness (QED) is 0.838. The number of likely N-dealkylation sites (N-methyl/N-ethyl adjacent to an activating group) is 1. The molecule has 1 aliphatic carbocycles. The summed E-state index contributed by atoms with van der Waals surface area (Å²) in [5, 5.41) is 2.91. The van der Waals surface area contributed by atoms with Gasteiger partial charge in [0.1, 0.15) is 0 Å². The number of hydrogen-bond donors (Lipinski definition) is 2. The average molecular weight is 289 g/mol. The number of nitrogens with one attached hydrogen (secondary N) is 1. The van der Waals surface area contributed by atoms with Crippen LogP contribution in [0.1, 0.15) is 38.2 Å². The zero-order chi connectivity index (χ0) is 15.4. The molecule has 116 valence electrons. The molecule has 0 saturated heterocycles. The van der Waals surface area contributed by atoms with Gasteiger partial charge in [0.15, 0.2) is 0 Å². The molecule has 1 amide bonds. The van der Waals surface area contributed by atoms with Crippen LogP contribution in [-0.4, -0.2) is 30.4 Å². The van der Waals surface area contributed by atoms with Crippen molar-refractivity contribution in [2.24, 2.45) is 5.92 Å². The largest absolute Gasteiger partial charge is 0.397 e. The topological polar surface area (TPSA) is 58.4 Å². The number of carbonyl (C=O) groups excluding carboxylic acids is 1. The van der Waals surface area contributed by atoms with Crippen molar-refractivity contribution in [3.05, 3.63) is 23.8 Å². The summed E-state index contributed by atoms with van der Waals surface area (Å²) >= 11 is 0. The van der Waals surface area contributed by atoms with Crippen LogP contribution in [0.2, 0.25) is 0 Å². The van der Waals surface area contributed by atoms with Gasteiger partial charge in [0.25, 0.3) is 0 Å². The van der Waals surface area contributed by atoms with Crippen LogP contribution in [0, 0.1) is 12.8 Å².